The smallest absolute Gasteiger partial charge is 0.249 e. The molecular formula is C19H41NO3. The van der Waals surface area contributed by atoms with E-state index in [0.717, 1.165) is 0 Å². The summed E-state index contributed by atoms with van der Waals surface area (Å²) in [5.74, 6) is 0. The van der Waals surface area contributed by atoms with Crippen molar-refractivity contribution in [2.45, 2.75) is 91.9 Å². The molecule has 0 amide bonds. The van der Waals surface area contributed by atoms with Crippen molar-refractivity contribution in [2.75, 3.05) is 26.2 Å². The Hall–Kier alpha value is -0.770. The molecule has 0 aromatic heterocycles. The summed E-state index contributed by atoms with van der Waals surface area (Å²) in [6.07, 6.45) is 11.9. The number of rotatable bonds is 14. The van der Waals surface area contributed by atoms with Crippen LogP contribution in [0.3, 0.4) is 0 Å². The third-order valence-electron chi connectivity index (χ3n) is 4.44. The van der Waals surface area contributed by atoms with E-state index in [9.17, 15) is 0 Å². The molecule has 0 aromatic rings. The fourth-order valence-corrected chi connectivity index (χ4v) is 3.03. The molecule has 0 rings (SSSR count). The Morgan fingerprint density at radius 2 is 1.00 bits per heavy atom. The average molecular weight is 332 g/mol. The Labute approximate surface area is 144 Å². The zero-order chi connectivity index (χ0) is 18.0. The highest BCUT2D eigenvalue weighted by Gasteiger charge is 2.24. The van der Waals surface area contributed by atoms with Gasteiger partial charge in [-0.25, -0.2) is 0 Å². The maximum Gasteiger partial charge on any atom is 0.249 e. The van der Waals surface area contributed by atoms with E-state index in [4.69, 9.17) is 15.0 Å². The van der Waals surface area contributed by atoms with Gasteiger partial charge in [-0.15, -0.1) is 0 Å². The largest absolute Gasteiger partial charge is 0.565 e. The summed E-state index contributed by atoms with van der Waals surface area (Å²) in [5, 5.41) is 15.3. The summed E-state index contributed by atoms with van der Waals surface area (Å²) in [7, 11) is 0. The molecule has 140 valence electrons. The number of quaternary nitrogens is 1. The fraction of sp³-hybridized carbons (Fsp3) is 0.947. The van der Waals surface area contributed by atoms with Gasteiger partial charge in [-0.2, -0.15) is 0 Å². The Bertz CT molecular complexity index is 231. The van der Waals surface area contributed by atoms with Crippen molar-refractivity contribution >= 4 is 6.16 Å². The lowest BCUT2D eigenvalue weighted by Gasteiger charge is -2.39. The van der Waals surface area contributed by atoms with Crippen LogP contribution in [-0.2, 0) is 0 Å². The zero-order valence-electron chi connectivity index (χ0n) is 16.1. The Morgan fingerprint density at radius 3 is 1.30 bits per heavy atom. The molecule has 0 radical (unpaired) electrons. The molecule has 0 saturated carbocycles. The molecule has 0 bridgehead atoms. The molecule has 0 aliphatic rings. The first-order valence-corrected chi connectivity index (χ1v) is 9.73. The van der Waals surface area contributed by atoms with Gasteiger partial charge in [0.1, 0.15) is 0 Å². The number of hydrogen-bond acceptors (Lipinski definition) is 2. The molecule has 0 aromatic carbocycles. The third-order valence-corrected chi connectivity index (χ3v) is 4.44. The van der Waals surface area contributed by atoms with Gasteiger partial charge in [-0.3, -0.25) is 0 Å². The lowest BCUT2D eigenvalue weighted by molar-refractivity contribution is -0.929. The number of carboxylic acid groups (broad SMARTS) is 2. The predicted octanol–water partition coefficient (Wildman–Crippen LogP) is 4.67. The molecule has 0 aliphatic heterocycles. The molecule has 0 unspecified atom stereocenters. The van der Waals surface area contributed by atoms with Crippen molar-refractivity contribution in [3.8, 4) is 0 Å². The van der Waals surface area contributed by atoms with Crippen LogP contribution in [0.15, 0.2) is 0 Å². The van der Waals surface area contributed by atoms with Gasteiger partial charge in [-0.1, -0.05) is 59.8 Å². The van der Waals surface area contributed by atoms with Crippen LogP contribution in [-0.4, -0.2) is 41.9 Å². The Balaban J connectivity index is 0. The normalized spacial score (nSPS) is 11.0. The second-order valence-electron chi connectivity index (χ2n) is 6.62. The van der Waals surface area contributed by atoms with E-state index in [0.29, 0.717) is 0 Å². The molecule has 0 atom stereocenters. The lowest BCUT2D eigenvalue weighted by atomic mass is 10.1. The van der Waals surface area contributed by atoms with Crippen molar-refractivity contribution in [2.24, 2.45) is 0 Å². The van der Waals surface area contributed by atoms with Crippen LogP contribution in [0.4, 0.5) is 4.79 Å². The number of nitrogens with zero attached hydrogens (tertiary/aromatic N) is 1. The molecule has 0 heterocycles. The van der Waals surface area contributed by atoms with E-state index >= 15 is 0 Å². The predicted molar refractivity (Wildman–Crippen MR) is 96.6 cm³/mol. The van der Waals surface area contributed by atoms with Crippen molar-refractivity contribution in [1.29, 1.82) is 0 Å². The second-order valence-corrected chi connectivity index (χ2v) is 6.62. The summed E-state index contributed by atoms with van der Waals surface area (Å²) < 4.78 is 1.43. The standard InChI is InChI=1S/C18H40N.CH2O3/c1-5-9-13-14-18-19(15-10-6-2,16-11-7-3)17-12-8-4;2-1(3)4/h5-18H2,1-4H3;(H2,2,3,4)/q+1;/p-1. The highest BCUT2D eigenvalue weighted by molar-refractivity contribution is 5.50. The molecule has 23 heavy (non-hydrogen) atoms. The van der Waals surface area contributed by atoms with Crippen LogP contribution >= 0.6 is 0 Å². The topological polar surface area (TPSA) is 60.4 Å². The molecule has 0 saturated heterocycles. The van der Waals surface area contributed by atoms with Crippen LogP contribution < -0.4 is 5.11 Å². The highest BCUT2D eigenvalue weighted by atomic mass is 16.6. The van der Waals surface area contributed by atoms with Crippen molar-refractivity contribution < 1.29 is 19.5 Å². The first kappa shape index (κ1) is 24.5. The van der Waals surface area contributed by atoms with Gasteiger partial charge in [0.2, 0.25) is 6.16 Å². The summed E-state index contributed by atoms with van der Waals surface area (Å²) in [4.78, 5) is 8.44. The molecule has 1 N–H and O–H groups in total. The Kier molecular flexibility index (Phi) is 18.7. The zero-order valence-corrected chi connectivity index (χ0v) is 16.1. The minimum Gasteiger partial charge on any atom is -0.565 e. The van der Waals surface area contributed by atoms with Crippen molar-refractivity contribution in [3.63, 3.8) is 0 Å². The van der Waals surface area contributed by atoms with Crippen LogP contribution in [0, 0.1) is 0 Å². The van der Waals surface area contributed by atoms with Crippen molar-refractivity contribution in [3.05, 3.63) is 0 Å². The van der Waals surface area contributed by atoms with Crippen LogP contribution in [0.5, 0.6) is 0 Å². The van der Waals surface area contributed by atoms with Gasteiger partial charge in [0, 0.05) is 0 Å². The molecule has 0 spiro atoms. The van der Waals surface area contributed by atoms with Gasteiger partial charge >= 0.3 is 0 Å². The summed E-state index contributed by atoms with van der Waals surface area (Å²) >= 11 is 0. The van der Waals surface area contributed by atoms with Crippen LogP contribution in [0.25, 0.3) is 0 Å². The third kappa shape index (κ3) is 17.4. The number of carbonyl (C=O) groups is 1. The van der Waals surface area contributed by atoms with Gasteiger partial charge in [0.05, 0.1) is 26.2 Å². The maximum absolute atomic E-state index is 8.44. The second kappa shape index (κ2) is 17.6. The number of hydrogen-bond donors (Lipinski definition) is 1. The SMILES string of the molecule is CCCCCC[N+](CCCC)(CCCC)CCCC.O=C([O-])O. The van der Waals surface area contributed by atoms with Gasteiger partial charge < -0.3 is 19.5 Å². The molecule has 0 aliphatic carbocycles. The van der Waals surface area contributed by atoms with E-state index in [2.05, 4.69) is 27.7 Å². The monoisotopic (exact) mass is 331 g/mol. The number of unbranched alkanes of at least 4 members (excludes halogenated alkanes) is 6. The first-order valence-electron chi connectivity index (χ1n) is 9.73. The molecule has 4 heteroatoms. The Morgan fingerprint density at radius 1 is 0.696 bits per heavy atom. The van der Waals surface area contributed by atoms with Crippen LogP contribution in [0.2, 0.25) is 0 Å². The average Bonchev–Trinajstić information content (AvgIpc) is 2.52. The van der Waals surface area contributed by atoms with Gasteiger partial charge in [0.25, 0.3) is 0 Å². The fourth-order valence-electron chi connectivity index (χ4n) is 3.03. The van der Waals surface area contributed by atoms with Gasteiger partial charge in [-0.05, 0) is 32.1 Å². The van der Waals surface area contributed by atoms with Gasteiger partial charge in [0.15, 0.2) is 0 Å². The molecular weight excluding hydrogens is 290 g/mol. The van der Waals surface area contributed by atoms with E-state index < -0.39 is 6.16 Å². The molecule has 4 nitrogen and oxygen atoms in total. The van der Waals surface area contributed by atoms with E-state index in [1.54, 1.807) is 0 Å². The first-order chi connectivity index (χ1) is 11.0. The minimum atomic E-state index is -2.08. The summed E-state index contributed by atoms with van der Waals surface area (Å²) in [6.45, 7) is 15.1. The summed E-state index contributed by atoms with van der Waals surface area (Å²) in [5.41, 5.74) is 0. The van der Waals surface area contributed by atoms with Crippen LogP contribution in [0.1, 0.15) is 91.9 Å². The van der Waals surface area contributed by atoms with E-state index in [-0.39, 0.29) is 0 Å². The lowest BCUT2D eigenvalue weighted by Crippen LogP contribution is -2.50. The maximum atomic E-state index is 8.44. The van der Waals surface area contributed by atoms with E-state index in [1.165, 1.54) is 94.9 Å². The van der Waals surface area contributed by atoms with Crippen molar-refractivity contribution in [1.82, 2.24) is 0 Å². The summed E-state index contributed by atoms with van der Waals surface area (Å²) in [6, 6.07) is 0. The quantitative estimate of drug-likeness (QED) is 0.371. The van der Waals surface area contributed by atoms with E-state index in [1.807, 2.05) is 0 Å². The highest BCUT2D eigenvalue weighted by Crippen LogP contribution is 2.17. The molecule has 0 fully saturated rings. The minimum absolute atomic E-state index is 1.35.